The molecule has 10 bridgehead atoms. The number of Topliss-reactive ketones (excluding diaryl/α,β-unsaturated/α-hetero) is 1. The third-order valence-corrected chi connectivity index (χ3v) is 24.1. The summed E-state index contributed by atoms with van der Waals surface area (Å²) in [7, 11) is 3.56. The van der Waals surface area contributed by atoms with E-state index in [4.69, 9.17) is 15.2 Å². The van der Waals surface area contributed by atoms with E-state index in [0.29, 0.717) is 54.0 Å². The number of H-pyrrole nitrogens is 1. The second-order valence-corrected chi connectivity index (χ2v) is 28.3. The smallest absolute Gasteiger partial charge is 0.191 e. The Morgan fingerprint density at radius 3 is 2.67 bits per heavy atom. The van der Waals surface area contributed by atoms with Gasteiger partial charge in [0.15, 0.2) is 17.7 Å². The maximum Gasteiger partial charge on any atom is 0.191 e. The number of allylic oxidation sites excluding steroid dienone is 3. The number of unbranched alkanes of at least 4 members (excludes halogenated alkanes) is 2. The van der Waals surface area contributed by atoms with Gasteiger partial charge in [0, 0.05) is 88.8 Å². The van der Waals surface area contributed by atoms with Crippen LogP contribution in [0.4, 0.5) is 0 Å². The van der Waals surface area contributed by atoms with Crippen molar-refractivity contribution in [3.05, 3.63) is 99.5 Å². The van der Waals surface area contributed by atoms with Gasteiger partial charge in [0.25, 0.3) is 0 Å². The normalized spacial score (nSPS) is 32.9. The van der Waals surface area contributed by atoms with Gasteiger partial charge in [0.05, 0.1) is 35.2 Å². The Morgan fingerprint density at radius 2 is 1.82 bits per heavy atom. The third kappa shape index (κ3) is 8.71. The van der Waals surface area contributed by atoms with Crippen molar-refractivity contribution in [2.45, 2.75) is 183 Å². The van der Waals surface area contributed by atoms with Crippen LogP contribution >= 0.6 is 21.6 Å². The van der Waals surface area contributed by atoms with Gasteiger partial charge < -0.3 is 45.2 Å². The lowest BCUT2D eigenvalue weighted by molar-refractivity contribution is -0.129. The summed E-state index contributed by atoms with van der Waals surface area (Å²) in [6, 6.07) is 5.89. The van der Waals surface area contributed by atoms with Crippen LogP contribution < -0.4 is 20.5 Å². The summed E-state index contributed by atoms with van der Waals surface area (Å²) < 4.78 is 16.4. The van der Waals surface area contributed by atoms with Gasteiger partial charge in [-0.25, -0.2) is 0 Å². The summed E-state index contributed by atoms with van der Waals surface area (Å²) in [6.45, 7) is 2.85. The van der Waals surface area contributed by atoms with Crippen molar-refractivity contribution in [1.82, 2.24) is 14.9 Å². The fraction of sp³-hybridized carbons (Fsp3) is 0.591. The molecule has 3 fully saturated rings. The standard InChI is InChI=1S/C66H78N4O7S2/c1-2-3-4-13-43(60(75)46-28-39-15-14-38-11-5-6-12-40(38)45(39)29-54(46)73)53(72)20-18-41-49-34-78-79-37-66-35-65(24-9-10-25-65)59-47-31-68-51-33-70(32-48(47)51)63-50(19-21-52(71)42-16-17-44(58(66)57(42)59)62(67)69-36-66)64(22-7-8-23-64)26-27-76-56(30-55(41)74)61(49)77-63/h14-17,28,30-33,38,40,43,45-46,50,52,54,59-60,62-63,68-69,71,73-75H,2-13,18,20,22-25,29,34-37,67H2,1H3. The molecule has 8 heterocycles. The van der Waals surface area contributed by atoms with Gasteiger partial charge >= 0.3 is 0 Å². The molecule has 3 spiro atoms. The van der Waals surface area contributed by atoms with E-state index in [1.807, 2.05) is 10.8 Å². The summed E-state index contributed by atoms with van der Waals surface area (Å²) in [4.78, 5) is 18.8. The first-order valence-electron chi connectivity index (χ1n) is 30.3. The van der Waals surface area contributed by atoms with Crippen molar-refractivity contribution in [1.29, 1.82) is 0 Å². The first-order valence-corrected chi connectivity index (χ1v) is 32.8. The van der Waals surface area contributed by atoms with Crippen molar-refractivity contribution >= 4 is 38.3 Å². The van der Waals surface area contributed by atoms with E-state index >= 15 is 4.79 Å². The molecule has 0 amide bonds. The Kier molecular flexibility index (Phi) is 13.8. The highest BCUT2D eigenvalue weighted by Gasteiger charge is 2.58. The molecule has 4 aromatic rings. The first kappa shape index (κ1) is 52.5. The molecule has 0 radical (unpaired) electrons. The van der Waals surface area contributed by atoms with Crippen molar-refractivity contribution in [2.75, 3.05) is 12.3 Å². The topological polar surface area (TPSA) is 175 Å². The lowest BCUT2D eigenvalue weighted by Gasteiger charge is -2.56. The minimum Gasteiger partial charge on any atom is -0.508 e. The molecule has 13 atom stereocenters. The fourth-order valence-corrected chi connectivity index (χ4v) is 20.5. The molecule has 416 valence electrons. The van der Waals surface area contributed by atoms with Gasteiger partial charge in [-0.2, -0.15) is 0 Å². The number of rotatable bonds is 10. The zero-order valence-electron chi connectivity index (χ0n) is 45.7. The number of ether oxygens (including phenoxy) is 2. The number of hydrogen-bond donors (Lipinski definition) is 7. The number of phenols is 1. The van der Waals surface area contributed by atoms with Gasteiger partial charge in [-0.3, -0.25) is 10.1 Å². The molecule has 2 aromatic heterocycles. The molecule has 8 N–H and O–H groups in total. The van der Waals surface area contributed by atoms with E-state index in [2.05, 4.69) is 94.6 Å². The van der Waals surface area contributed by atoms with E-state index in [-0.39, 0.29) is 53.2 Å². The second kappa shape index (κ2) is 20.7. The summed E-state index contributed by atoms with van der Waals surface area (Å²) >= 11 is 0. The monoisotopic (exact) mass is 1100 g/mol. The Morgan fingerprint density at radius 1 is 1.00 bits per heavy atom. The Hall–Kier alpha value is -4.57. The van der Waals surface area contributed by atoms with Crippen molar-refractivity contribution in [3.8, 4) is 41.1 Å². The summed E-state index contributed by atoms with van der Waals surface area (Å²) in [5.41, 5.74) is 15.3. The lowest BCUT2D eigenvalue weighted by atomic mass is 9.51. The number of nitrogens with one attached hydrogen (secondary N) is 2. The molecule has 3 saturated carbocycles. The zero-order chi connectivity index (χ0) is 53.8. The van der Waals surface area contributed by atoms with E-state index in [9.17, 15) is 20.4 Å². The predicted octanol–water partition coefficient (Wildman–Crippen LogP) is 12.0. The van der Waals surface area contributed by atoms with Gasteiger partial charge in [-0.15, -0.1) is 0 Å². The van der Waals surface area contributed by atoms with E-state index in [0.717, 1.165) is 110 Å². The summed E-state index contributed by atoms with van der Waals surface area (Å²) in [6.07, 6.45) is 30.5. The first-order chi connectivity index (χ1) is 38.5. The minimum absolute atomic E-state index is 0.00514. The van der Waals surface area contributed by atoms with E-state index in [1.165, 1.54) is 47.9 Å². The van der Waals surface area contributed by atoms with Crippen LogP contribution in [0.3, 0.4) is 0 Å². The van der Waals surface area contributed by atoms with Crippen LogP contribution in [0, 0.1) is 70.2 Å². The lowest BCUT2D eigenvalue weighted by Crippen LogP contribution is -2.56. The second-order valence-electron chi connectivity index (χ2n) is 25.9. The number of aromatic nitrogens is 2. The number of carbonyl (C=O) groups is 1. The van der Waals surface area contributed by atoms with Crippen molar-refractivity contribution in [3.63, 3.8) is 0 Å². The number of aliphatic hydroxyl groups excluding tert-OH is 3. The summed E-state index contributed by atoms with van der Waals surface area (Å²) in [5, 5.41) is 54.6. The van der Waals surface area contributed by atoms with Crippen LogP contribution in [0.2, 0.25) is 0 Å². The molecule has 6 aliphatic carbocycles. The number of aliphatic hydroxyl groups is 3. The number of aromatic amines is 1. The molecule has 16 rings (SSSR count). The molecule has 13 heteroatoms. The average Bonchev–Trinajstić information content (AvgIpc) is 2.67. The molecule has 11 nitrogen and oxygen atoms in total. The van der Waals surface area contributed by atoms with Gasteiger partial charge in [0.2, 0.25) is 0 Å². The van der Waals surface area contributed by atoms with Crippen LogP contribution in [0.1, 0.15) is 192 Å². The van der Waals surface area contributed by atoms with E-state index in [1.54, 1.807) is 16.9 Å². The quantitative estimate of drug-likeness (QED) is 0.0457. The number of nitrogens with two attached hydrogens (primary N) is 1. The van der Waals surface area contributed by atoms with Crippen LogP contribution in [-0.4, -0.2) is 60.3 Å². The Balaban J connectivity index is 0.893. The van der Waals surface area contributed by atoms with Gasteiger partial charge in [0.1, 0.15) is 23.7 Å². The highest BCUT2D eigenvalue weighted by atomic mass is 33.1. The highest BCUT2D eigenvalue weighted by molar-refractivity contribution is 8.76. The third-order valence-electron chi connectivity index (χ3n) is 21.6. The maximum atomic E-state index is 15.1. The average molecular weight is 1100 g/mol. The van der Waals surface area contributed by atoms with Crippen LogP contribution in [0.15, 0.2) is 60.6 Å². The number of ketones is 1. The number of nitrogens with zero attached hydrogens (tertiary/aromatic N) is 1. The number of fused-ring (bicyclic) bond motifs is 4. The number of hydrogen-bond acceptors (Lipinski definition) is 11. The Labute approximate surface area is 473 Å². The van der Waals surface area contributed by atoms with Crippen molar-refractivity contribution in [2.24, 2.45) is 52.1 Å². The van der Waals surface area contributed by atoms with E-state index < -0.39 is 47.7 Å². The van der Waals surface area contributed by atoms with Crippen LogP contribution in [-0.2, 0) is 22.4 Å². The highest BCUT2D eigenvalue weighted by Crippen LogP contribution is 2.66. The maximum absolute atomic E-state index is 15.1. The summed E-state index contributed by atoms with van der Waals surface area (Å²) in [5.74, 6) is 12.4. The number of carbonyl (C=O) groups excluding carboxylic acids is 1. The minimum atomic E-state index is -1.09. The van der Waals surface area contributed by atoms with Gasteiger partial charge in [-0.1, -0.05) is 134 Å². The molecular weight excluding hydrogens is 1020 g/mol. The molecule has 6 aliphatic heterocycles. The van der Waals surface area contributed by atoms with Crippen LogP contribution in [0.25, 0.3) is 10.9 Å². The van der Waals surface area contributed by atoms with Crippen LogP contribution in [0.5, 0.6) is 17.2 Å². The molecule has 12 aliphatic rings. The number of aromatic hydroxyl groups is 1. The molecule has 2 aromatic carbocycles. The zero-order valence-corrected chi connectivity index (χ0v) is 47.4. The molecule has 79 heavy (non-hydrogen) atoms. The molecule has 13 unspecified atom stereocenters. The molecular formula is C66H78N4O7S2. The Bertz CT molecular complexity index is 3250. The van der Waals surface area contributed by atoms with Crippen molar-refractivity contribution < 1.29 is 34.7 Å². The fourth-order valence-electron chi connectivity index (χ4n) is 17.8. The number of benzene rings is 2. The molecule has 0 saturated heterocycles. The SMILES string of the molecule is CCCCCC(C(=O)CCc1c(O)cc2c3c1CSSCC14CNC(N)c5ccc6c(c51)C(c1c[nH]c5cn(cc15)C(O3)C(C#CC6O)C1(C#CO2)CCCC1)C1(CCCC1)C4)C(O)C1C=C2C=CC3CCCCC3C2CC1O. The van der Waals surface area contributed by atoms with Gasteiger partial charge in [-0.05, 0) is 121 Å². The number of phenolic OH excluding ortho intramolecular Hbond substituents is 1. The predicted molar refractivity (Wildman–Crippen MR) is 311 cm³/mol. The largest absolute Gasteiger partial charge is 0.508 e.